The average Bonchev–Trinajstić information content (AvgIpc) is 3.05. The highest BCUT2D eigenvalue weighted by molar-refractivity contribution is 9.10. The standard InChI is InChI=1S/C26H22Br2FN3O4/c1-25(2)10-18-20(19(33)11-25)26(14-8-12(27)4-6-16(14)31-24(26)35)21(23(34)36-3)22(30)32(18)17-7-5-13(28)9-15(17)29/h4-9H,10-11,30H2,1-3H3,(H,31,35). The fourth-order valence-corrected chi connectivity index (χ4v) is 6.24. The average molecular weight is 619 g/mol. The highest BCUT2D eigenvalue weighted by Gasteiger charge is 2.63. The van der Waals surface area contributed by atoms with Crippen molar-refractivity contribution in [2.24, 2.45) is 11.1 Å². The summed E-state index contributed by atoms with van der Waals surface area (Å²) in [4.78, 5) is 42.6. The Labute approximate surface area is 223 Å². The Bertz CT molecular complexity index is 1450. The first-order valence-electron chi connectivity index (χ1n) is 11.1. The van der Waals surface area contributed by atoms with Gasteiger partial charge in [-0.15, -0.1) is 0 Å². The molecule has 1 amide bonds. The van der Waals surface area contributed by atoms with Crippen LogP contribution < -0.4 is 16.0 Å². The number of halogens is 3. The summed E-state index contributed by atoms with van der Waals surface area (Å²) in [6, 6.07) is 9.55. The normalized spacial score (nSPS) is 22.6. The summed E-state index contributed by atoms with van der Waals surface area (Å²) in [6.07, 6.45) is 0.451. The molecule has 0 fully saturated rings. The number of ketones is 1. The summed E-state index contributed by atoms with van der Waals surface area (Å²) >= 11 is 6.70. The number of carbonyl (C=O) groups is 3. The van der Waals surface area contributed by atoms with Crippen LogP contribution in [0.2, 0.25) is 0 Å². The molecule has 1 spiro atoms. The minimum Gasteiger partial charge on any atom is -0.466 e. The first-order valence-corrected chi connectivity index (χ1v) is 12.7. The number of carbonyl (C=O) groups excluding carboxylic acids is 3. The van der Waals surface area contributed by atoms with Crippen molar-refractivity contribution in [1.82, 2.24) is 0 Å². The summed E-state index contributed by atoms with van der Waals surface area (Å²) in [5.74, 6) is -2.58. The molecule has 3 N–H and O–H groups in total. The zero-order chi connectivity index (χ0) is 26.2. The Morgan fingerprint density at radius 1 is 1.11 bits per heavy atom. The van der Waals surface area contributed by atoms with Crippen LogP contribution in [-0.2, 0) is 24.5 Å². The molecule has 186 valence electrons. The molecule has 1 atom stereocenters. The van der Waals surface area contributed by atoms with E-state index >= 15 is 4.39 Å². The molecular formula is C26H22Br2FN3O4. The van der Waals surface area contributed by atoms with E-state index < -0.39 is 28.5 Å². The maximum Gasteiger partial charge on any atom is 0.339 e. The van der Waals surface area contributed by atoms with E-state index in [2.05, 4.69) is 37.2 Å². The molecule has 0 aromatic heterocycles. The summed E-state index contributed by atoms with van der Waals surface area (Å²) < 4.78 is 21.6. The van der Waals surface area contributed by atoms with E-state index in [1.165, 1.54) is 24.1 Å². The molecule has 2 aliphatic heterocycles. The van der Waals surface area contributed by atoms with Crippen LogP contribution in [0.1, 0.15) is 32.3 Å². The molecule has 10 heteroatoms. The van der Waals surface area contributed by atoms with E-state index in [0.717, 1.165) is 0 Å². The smallest absolute Gasteiger partial charge is 0.339 e. The van der Waals surface area contributed by atoms with Crippen molar-refractivity contribution in [2.75, 3.05) is 17.3 Å². The first-order chi connectivity index (χ1) is 16.9. The number of nitrogens with one attached hydrogen (secondary N) is 1. The third-order valence-electron chi connectivity index (χ3n) is 6.88. The van der Waals surface area contributed by atoms with Gasteiger partial charge >= 0.3 is 5.97 Å². The molecule has 0 saturated carbocycles. The Kier molecular flexibility index (Phi) is 5.68. The lowest BCUT2D eigenvalue weighted by Crippen LogP contribution is -2.54. The second kappa shape index (κ2) is 8.27. The molecule has 36 heavy (non-hydrogen) atoms. The van der Waals surface area contributed by atoms with Gasteiger partial charge in [-0.2, -0.15) is 0 Å². The monoisotopic (exact) mass is 617 g/mol. The van der Waals surface area contributed by atoms with E-state index in [1.807, 2.05) is 13.8 Å². The number of benzene rings is 2. The highest BCUT2D eigenvalue weighted by Crippen LogP contribution is 2.57. The fourth-order valence-electron chi connectivity index (χ4n) is 5.55. The molecule has 0 saturated heterocycles. The van der Waals surface area contributed by atoms with Crippen LogP contribution in [0.5, 0.6) is 0 Å². The first kappa shape index (κ1) is 24.7. The number of fused-ring (bicyclic) bond motifs is 3. The minimum atomic E-state index is -1.85. The quantitative estimate of drug-likeness (QED) is 0.457. The zero-order valence-corrected chi connectivity index (χ0v) is 22.8. The van der Waals surface area contributed by atoms with Crippen LogP contribution in [-0.4, -0.2) is 24.8 Å². The molecule has 1 aliphatic carbocycles. The minimum absolute atomic E-state index is 0.0535. The van der Waals surface area contributed by atoms with Crippen molar-refractivity contribution in [1.29, 1.82) is 0 Å². The Morgan fingerprint density at radius 3 is 2.44 bits per heavy atom. The number of nitrogens with zero attached hydrogens (tertiary/aromatic N) is 1. The number of anilines is 2. The van der Waals surface area contributed by atoms with Gasteiger partial charge in [-0.25, -0.2) is 9.18 Å². The number of Topliss-reactive ketones (excluding diaryl/α,β-unsaturated/α-hetero) is 1. The van der Waals surface area contributed by atoms with Crippen LogP contribution in [0.15, 0.2) is 68.0 Å². The second-order valence-corrected chi connectivity index (χ2v) is 11.7. The number of nitrogens with two attached hydrogens (primary N) is 1. The van der Waals surface area contributed by atoms with Crippen molar-refractivity contribution in [3.8, 4) is 0 Å². The van der Waals surface area contributed by atoms with Crippen LogP contribution in [0, 0.1) is 11.2 Å². The maximum atomic E-state index is 15.3. The van der Waals surface area contributed by atoms with Gasteiger partial charge in [-0.1, -0.05) is 45.7 Å². The van der Waals surface area contributed by atoms with Gasteiger partial charge in [0.25, 0.3) is 0 Å². The summed E-state index contributed by atoms with van der Waals surface area (Å²) in [5, 5.41) is 2.82. The van der Waals surface area contributed by atoms with Gasteiger partial charge in [0, 0.05) is 37.9 Å². The van der Waals surface area contributed by atoms with Gasteiger partial charge in [0.1, 0.15) is 22.6 Å². The number of allylic oxidation sites excluding steroid dienone is 1. The third-order valence-corrected chi connectivity index (χ3v) is 7.87. The van der Waals surface area contributed by atoms with Crippen molar-refractivity contribution >= 4 is 60.9 Å². The molecule has 0 bridgehead atoms. The third kappa shape index (κ3) is 3.37. The number of hydrogen-bond donors (Lipinski definition) is 2. The fraction of sp³-hybridized carbons (Fsp3) is 0.269. The molecule has 2 heterocycles. The van der Waals surface area contributed by atoms with Gasteiger partial charge in [0.05, 0.1) is 12.8 Å². The van der Waals surface area contributed by atoms with E-state index in [1.54, 1.807) is 24.3 Å². The lowest BCUT2D eigenvalue weighted by molar-refractivity contribution is -0.138. The molecule has 5 rings (SSSR count). The van der Waals surface area contributed by atoms with Crippen LogP contribution in [0.3, 0.4) is 0 Å². The summed E-state index contributed by atoms with van der Waals surface area (Å²) in [5.41, 5.74) is 5.50. The van der Waals surface area contributed by atoms with E-state index in [9.17, 15) is 14.4 Å². The molecule has 2 aromatic rings. The highest BCUT2D eigenvalue weighted by atomic mass is 79.9. The predicted molar refractivity (Wildman–Crippen MR) is 139 cm³/mol. The number of rotatable bonds is 2. The second-order valence-electron chi connectivity index (χ2n) is 9.84. The van der Waals surface area contributed by atoms with Crippen LogP contribution in [0.4, 0.5) is 15.8 Å². The molecule has 2 aromatic carbocycles. The number of ether oxygens (including phenoxy) is 1. The van der Waals surface area contributed by atoms with Crippen molar-refractivity contribution in [3.05, 3.63) is 79.4 Å². The predicted octanol–water partition coefficient (Wildman–Crippen LogP) is 5.05. The van der Waals surface area contributed by atoms with Crippen LogP contribution >= 0.6 is 31.9 Å². The number of amides is 1. The van der Waals surface area contributed by atoms with Gasteiger partial charge in [0.15, 0.2) is 5.78 Å². The molecule has 1 unspecified atom stereocenters. The van der Waals surface area contributed by atoms with Gasteiger partial charge in [0.2, 0.25) is 5.91 Å². The molecule has 3 aliphatic rings. The Morgan fingerprint density at radius 2 is 1.78 bits per heavy atom. The van der Waals surface area contributed by atoms with Crippen molar-refractivity contribution in [3.63, 3.8) is 0 Å². The number of esters is 1. The lowest BCUT2D eigenvalue weighted by atomic mass is 9.60. The van der Waals surface area contributed by atoms with E-state index in [0.29, 0.717) is 32.3 Å². The van der Waals surface area contributed by atoms with Crippen molar-refractivity contribution < 1.29 is 23.5 Å². The SMILES string of the molecule is COC(=O)C1=C(N)N(c2ccc(Br)cc2F)C2=C(C(=O)CC(C)(C)C2)C12C(=O)Nc1ccc(Br)cc12. The van der Waals surface area contributed by atoms with Crippen LogP contribution in [0.25, 0.3) is 0 Å². The Balaban J connectivity index is 1.95. The van der Waals surface area contributed by atoms with Gasteiger partial charge in [-0.3, -0.25) is 14.5 Å². The topological polar surface area (TPSA) is 102 Å². The van der Waals surface area contributed by atoms with E-state index in [4.69, 9.17) is 10.5 Å². The lowest BCUT2D eigenvalue weighted by Gasteiger charge is -2.47. The molecule has 7 nitrogen and oxygen atoms in total. The Hall–Kier alpha value is -2.98. The van der Waals surface area contributed by atoms with Gasteiger partial charge < -0.3 is 15.8 Å². The van der Waals surface area contributed by atoms with Crippen molar-refractivity contribution in [2.45, 2.75) is 32.1 Å². The maximum absolute atomic E-state index is 15.3. The number of hydrogen-bond acceptors (Lipinski definition) is 6. The largest absolute Gasteiger partial charge is 0.466 e. The molecular weight excluding hydrogens is 597 g/mol. The van der Waals surface area contributed by atoms with E-state index in [-0.39, 0.29) is 34.9 Å². The summed E-state index contributed by atoms with van der Waals surface area (Å²) in [7, 11) is 1.17. The molecule has 0 radical (unpaired) electrons. The zero-order valence-electron chi connectivity index (χ0n) is 19.7. The van der Waals surface area contributed by atoms with Gasteiger partial charge in [-0.05, 0) is 48.2 Å². The summed E-state index contributed by atoms with van der Waals surface area (Å²) in [6.45, 7) is 3.85. The number of methoxy groups -OCH3 is 1.